The van der Waals surface area contributed by atoms with Gasteiger partial charge in [0.15, 0.2) is 12.2 Å². The van der Waals surface area contributed by atoms with Gasteiger partial charge in [-0.1, -0.05) is 388 Å². The van der Waals surface area contributed by atoms with Gasteiger partial charge in [-0.2, -0.15) is 0 Å². The van der Waals surface area contributed by atoms with Crippen molar-refractivity contribution in [2.24, 2.45) is 11.8 Å². The minimum Gasteiger partial charge on any atom is -0.462 e. The zero-order valence-corrected chi connectivity index (χ0v) is 68.7. The highest BCUT2D eigenvalue weighted by atomic mass is 31.2. The second-order valence-electron chi connectivity index (χ2n) is 30.6. The predicted octanol–water partition coefficient (Wildman–Crippen LogP) is 25.1. The van der Waals surface area contributed by atoms with E-state index in [-0.39, 0.29) is 25.7 Å². The number of hydrogen-bond acceptors (Lipinski definition) is 15. The summed E-state index contributed by atoms with van der Waals surface area (Å²) < 4.78 is 68.8. The van der Waals surface area contributed by atoms with Crippen molar-refractivity contribution in [3.8, 4) is 0 Å². The summed E-state index contributed by atoms with van der Waals surface area (Å²) >= 11 is 0. The molecule has 0 heterocycles. The molecule has 0 bridgehead atoms. The van der Waals surface area contributed by atoms with Crippen LogP contribution in [0.4, 0.5) is 0 Å². The number of unbranched alkanes of at least 4 members (excludes halogenated alkanes) is 51. The third-order valence-corrected chi connectivity index (χ3v) is 21.7. The van der Waals surface area contributed by atoms with Gasteiger partial charge in [-0.3, -0.25) is 37.3 Å². The van der Waals surface area contributed by atoms with Crippen LogP contribution in [0.25, 0.3) is 0 Å². The van der Waals surface area contributed by atoms with Crippen molar-refractivity contribution in [1.82, 2.24) is 0 Å². The van der Waals surface area contributed by atoms with Crippen LogP contribution in [0.1, 0.15) is 440 Å². The quantitative estimate of drug-likeness (QED) is 0.0222. The van der Waals surface area contributed by atoms with Crippen LogP contribution in [0, 0.1) is 11.8 Å². The van der Waals surface area contributed by atoms with Gasteiger partial charge in [-0.05, 0) is 37.5 Å². The normalized spacial score (nSPS) is 14.1. The number of ether oxygens (including phenoxy) is 4. The highest BCUT2D eigenvalue weighted by Gasteiger charge is 2.30. The van der Waals surface area contributed by atoms with Crippen LogP contribution in [0.3, 0.4) is 0 Å². The Bertz CT molecular complexity index is 1960. The summed E-state index contributed by atoms with van der Waals surface area (Å²) in [4.78, 5) is 73.1. The Morgan fingerprint density at radius 1 is 0.284 bits per heavy atom. The molecule has 0 fully saturated rings. The lowest BCUT2D eigenvalue weighted by Crippen LogP contribution is -2.30. The summed E-state index contributed by atoms with van der Waals surface area (Å²) in [6.07, 6.45) is 65.0. The standard InChI is InChI=1S/C83H162O17P2/c1-7-10-12-14-16-18-20-21-22-23-24-25-29-36-42-48-54-60-66-81(86)94-72-79(99-82(87)67-61-55-49-43-37-30-27-26-28-35-40-46-52-58-64-76(6)9-3)74-98-102(91,92)96-70-77(84)69-95-101(89,90)97-73-78(71-93-80(85)65-59-53-47-41-33-19-17-15-13-11-8-2)100-83(88)68-62-56-50-44-38-32-31-34-39-45-51-57-63-75(4)5/h75-79,84H,7-74H2,1-6H3,(H,89,90)(H,91,92)/t76?,77-,78+,79+/m0/s1. The van der Waals surface area contributed by atoms with Crippen molar-refractivity contribution >= 4 is 39.5 Å². The number of esters is 4. The highest BCUT2D eigenvalue weighted by molar-refractivity contribution is 7.47. The number of rotatable bonds is 82. The summed E-state index contributed by atoms with van der Waals surface area (Å²) in [5.74, 6) is -0.482. The summed E-state index contributed by atoms with van der Waals surface area (Å²) in [5, 5.41) is 10.7. The van der Waals surface area contributed by atoms with Gasteiger partial charge in [0.2, 0.25) is 0 Å². The van der Waals surface area contributed by atoms with E-state index in [4.69, 9.17) is 37.0 Å². The fourth-order valence-corrected chi connectivity index (χ4v) is 14.4. The predicted molar refractivity (Wildman–Crippen MR) is 418 cm³/mol. The van der Waals surface area contributed by atoms with Crippen molar-refractivity contribution in [3.05, 3.63) is 0 Å². The maximum atomic E-state index is 13.1. The lowest BCUT2D eigenvalue weighted by atomic mass is 9.99. The maximum absolute atomic E-state index is 13.1. The van der Waals surface area contributed by atoms with Crippen molar-refractivity contribution in [3.63, 3.8) is 0 Å². The number of aliphatic hydroxyl groups excluding tert-OH is 1. The number of carbonyl (C=O) groups excluding carboxylic acids is 4. The zero-order valence-electron chi connectivity index (χ0n) is 66.9. The smallest absolute Gasteiger partial charge is 0.462 e. The second kappa shape index (κ2) is 74.5. The number of aliphatic hydroxyl groups is 1. The topological polar surface area (TPSA) is 237 Å². The number of carbonyl (C=O) groups is 4. The Kier molecular flexibility index (Phi) is 73.1. The molecule has 0 saturated carbocycles. The van der Waals surface area contributed by atoms with Crippen LogP contribution in [-0.2, 0) is 65.4 Å². The molecule has 606 valence electrons. The second-order valence-corrected chi connectivity index (χ2v) is 33.5. The lowest BCUT2D eigenvalue weighted by Gasteiger charge is -2.21. The average Bonchev–Trinajstić information content (AvgIpc) is 0.911. The molecule has 0 aromatic heterocycles. The molecule has 0 aliphatic carbocycles. The summed E-state index contributed by atoms with van der Waals surface area (Å²) in [5.41, 5.74) is 0. The monoisotopic (exact) mass is 1490 g/mol. The molecule has 3 N–H and O–H groups in total. The molecule has 102 heavy (non-hydrogen) atoms. The van der Waals surface area contributed by atoms with Gasteiger partial charge in [0.25, 0.3) is 0 Å². The van der Waals surface area contributed by atoms with Crippen molar-refractivity contribution in [1.29, 1.82) is 0 Å². The van der Waals surface area contributed by atoms with Crippen molar-refractivity contribution in [2.45, 2.75) is 458 Å². The van der Waals surface area contributed by atoms with E-state index < -0.39 is 97.5 Å². The van der Waals surface area contributed by atoms with E-state index in [0.717, 1.165) is 102 Å². The van der Waals surface area contributed by atoms with Gasteiger partial charge in [-0.25, -0.2) is 9.13 Å². The fraction of sp³-hybridized carbons (Fsp3) is 0.952. The van der Waals surface area contributed by atoms with E-state index in [2.05, 4.69) is 41.5 Å². The van der Waals surface area contributed by atoms with E-state index in [1.807, 2.05) is 0 Å². The Morgan fingerprint density at radius 3 is 0.745 bits per heavy atom. The van der Waals surface area contributed by atoms with Gasteiger partial charge in [0, 0.05) is 25.7 Å². The highest BCUT2D eigenvalue weighted by Crippen LogP contribution is 2.45. The van der Waals surface area contributed by atoms with E-state index in [1.165, 1.54) is 257 Å². The van der Waals surface area contributed by atoms with E-state index in [1.54, 1.807) is 0 Å². The summed E-state index contributed by atoms with van der Waals surface area (Å²) in [6.45, 7) is 9.71. The summed E-state index contributed by atoms with van der Waals surface area (Å²) in [6, 6.07) is 0. The molecule has 0 aliphatic heterocycles. The Labute approximate surface area is 626 Å². The molecular weight excluding hydrogens is 1330 g/mol. The molecule has 0 radical (unpaired) electrons. The number of phosphoric ester groups is 2. The van der Waals surface area contributed by atoms with Crippen LogP contribution in [0.15, 0.2) is 0 Å². The largest absolute Gasteiger partial charge is 0.472 e. The minimum atomic E-state index is -4.96. The SMILES string of the molecule is CCCCCCCCCCCCCCCCCCCCC(=O)OC[C@H](COP(=O)(O)OC[C@@H](O)COP(=O)(O)OC[C@@H](COC(=O)CCCCCCCCCCCCC)OC(=O)CCCCCCCCCCCCCCC(C)C)OC(=O)CCCCCCCCCCCCCCCCC(C)CC. The first-order valence-electron chi connectivity index (χ1n) is 43.0. The molecule has 0 aromatic rings. The number of phosphoric acid groups is 2. The molecule has 19 heteroatoms. The third-order valence-electron chi connectivity index (χ3n) is 19.8. The van der Waals surface area contributed by atoms with Gasteiger partial charge >= 0.3 is 39.5 Å². The van der Waals surface area contributed by atoms with Crippen LogP contribution >= 0.6 is 15.6 Å². The first kappa shape index (κ1) is 100. The van der Waals surface area contributed by atoms with Crippen LogP contribution in [0.2, 0.25) is 0 Å². The first-order valence-corrected chi connectivity index (χ1v) is 46.0. The molecule has 0 aromatic carbocycles. The summed E-state index contributed by atoms with van der Waals surface area (Å²) in [7, 11) is -9.92. The molecule has 0 aliphatic rings. The molecule has 6 atom stereocenters. The number of hydrogen-bond donors (Lipinski definition) is 3. The Balaban J connectivity index is 5.25. The lowest BCUT2D eigenvalue weighted by molar-refractivity contribution is -0.161. The Morgan fingerprint density at radius 2 is 0.500 bits per heavy atom. The van der Waals surface area contributed by atoms with Gasteiger partial charge in [0.1, 0.15) is 19.3 Å². The molecular formula is C83H162O17P2. The van der Waals surface area contributed by atoms with E-state index in [0.29, 0.717) is 25.7 Å². The van der Waals surface area contributed by atoms with Crippen LogP contribution in [-0.4, -0.2) is 96.7 Å². The van der Waals surface area contributed by atoms with Crippen molar-refractivity contribution in [2.75, 3.05) is 39.6 Å². The van der Waals surface area contributed by atoms with E-state index >= 15 is 0 Å². The molecule has 0 saturated heterocycles. The van der Waals surface area contributed by atoms with Gasteiger partial charge in [-0.15, -0.1) is 0 Å². The molecule has 17 nitrogen and oxygen atoms in total. The van der Waals surface area contributed by atoms with Gasteiger partial charge < -0.3 is 33.8 Å². The maximum Gasteiger partial charge on any atom is 0.472 e. The third kappa shape index (κ3) is 74.9. The first-order chi connectivity index (χ1) is 49.4. The van der Waals surface area contributed by atoms with Crippen LogP contribution in [0.5, 0.6) is 0 Å². The fourth-order valence-electron chi connectivity index (χ4n) is 12.9. The molecule has 0 rings (SSSR count). The van der Waals surface area contributed by atoms with Crippen LogP contribution < -0.4 is 0 Å². The molecule has 0 amide bonds. The average molecular weight is 1490 g/mol. The minimum absolute atomic E-state index is 0.107. The Hall–Kier alpha value is -1.94. The molecule has 3 unspecified atom stereocenters. The van der Waals surface area contributed by atoms with E-state index in [9.17, 15) is 43.2 Å². The van der Waals surface area contributed by atoms with Crippen molar-refractivity contribution < 1.29 is 80.2 Å². The van der Waals surface area contributed by atoms with Gasteiger partial charge in [0.05, 0.1) is 26.4 Å². The zero-order chi connectivity index (χ0) is 74.9. The molecule has 0 spiro atoms.